The van der Waals surface area contributed by atoms with E-state index in [0.29, 0.717) is 54.8 Å². The van der Waals surface area contributed by atoms with Gasteiger partial charge in [0.1, 0.15) is 5.82 Å². The highest BCUT2D eigenvalue weighted by Crippen LogP contribution is 2.31. The maximum atomic E-state index is 12.4. The molecule has 1 aromatic carbocycles. The van der Waals surface area contributed by atoms with E-state index in [9.17, 15) is 4.79 Å². The van der Waals surface area contributed by atoms with E-state index in [0.717, 1.165) is 5.56 Å². The molecule has 0 aliphatic rings. The van der Waals surface area contributed by atoms with Crippen molar-refractivity contribution in [3.63, 3.8) is 0 Å². The molecular formula is C22H29N5O4. The molecule has 0 bridgehead atoms. The van der Waals surface area contributed by atoms with Crippen molar-refractivity contribution >= 4 is 11.7 Å². The Kier molecular flexibility index (Phi) is 6.94. The van der Waals surface area contributed by atoms with Gasteiger partial charge in [-0.3, -0.25) is 4.79 Å². The molecule has 166 valence electrons. The van der Waals surface area contributed by atoms with Gasteiger partial charge in [0.2, 0.25) is 11.8 Å². The number of carbonyl (C=O) groups is 1. The number of benzene rings is 1. The maximum absolute atomic E-state index is 12.4. The smallest absolute Gasteiger partial charge is 0.226 e. The number of nitrogens with zero attached hydrogens (tertiary/aromatic N) is 4. The third kappa shape index (κ3) is 5.62. The number of amides is 1. The van der Waals surface area contributed by atoms with E-state index >= 15 is 0 Å². The fourth-order valence-electron chi connectivity index (χ4n) is 3.07. The van der Waals surface area contributed by atoms with Crippen LogP contribution in [0.5, 0.6) is 11.5 Å². The molecule has 9 heteroatoms. The van der Waals surface area contributed by atoms with E-state index in [1.165, 1.54) is 0 Å². The molecule has 0 saturated carbocycles. The van der Waals surface area contributed by atoms with Gasteiger partial charge in [0, 0.05) is 29.9 Å². The third-order valence-electron chi connectivity index (χ3n) is 4.72. The number of anilines is 1. The van der Waals surface area contributed by atoms with Crippen molar-refractivity contribution in [2.75, 3.05) is 19.5 Å². The molecule has 3 aromatic rings. The van der Waals surface area contributed by atoms with Gasteiger partial charge in [-0.15, -0.1) is 0 Å². The van der Waals surface area contributed by atoms with Crippen LogP contribution in [0, 0.1) is 0 Å². The molecular weight excluding hydrogens is 398 g/mol. The molecule has 31 heavy (non-hydrogen) atoms. The Morgan fingerprint density at radius 3 is 2.68 bits per heavy atom. The van der Waals surface area contributed by atoms with Crippen LogP contribution in [-0.4, -0.2) is 40.0 Å². The first-order valence-electron chi connectivity index (χ1n) is 10.2. The summed E-state index contributed by atoms with van der Waals surface area (Å²) in [4.78, 5) is 16.8. The lowest BCUT2D eigenvalue weighted by molar-refractivity contribution is -0.116. The molecule has 0 saturated heterocycles. The van der Waals surface area contributed by atoms with Gasteiger partial charge in [-0.1, -0.05) is 38.1 Å². The largest absolute Gasteiger partial charge is 0.493 e. The number of carbonyl (C=O) groups excluding carboxylic acids is 1. The summed E-state index contributed by atoms with van der Waals surface area (Å²) in [7, 11) is 3.19. The highest BCUT2D eigenvalue weighted by Gasteiger charge is 2.21. The Labute approximate surface area is 181 Å². The van der Waals surface area contributed by atoms with Gasteiger partial charge in [0.05, 0.1) is 27.0 Å². The molecule has 0 aliphatic carbocycles. The van der Waals surface area contributed by atoms with Gasteiger partial charge in [0.15, 0.2) is 17.3 Å². The number of rotatable bonds is 9. The van der Waals surface area contributed by atoms with Crippen molar-refractivity contribution in [1.29, 1.82) is 0 Å². The van der Waals surface area contributed by atoms with Gasteiger partial charge in [-0.25, -0.2) is 4.68 Å². The number of hydrogen-bond donors (Lipinski definition) is 1. The van der Waals surface area contributed by atoms with Crippen LogP contribution in [-0.2, 0) is 23.2 Å². The number of nitrogens with one attached hydrogen (secondary N) is 1. The van der Waals surface area contributed by atoms with Crippen LogP contribution in [0.4, 0.5) is 5.82 Å². The minimum atomic E-state index is -0.164. The van der Waals surface area contributed by atoms with E-state index in [2.05, 4.69) is 20.6 Å². The third-order valence-corrected chi connectivity index (χ3v) is 4.72. The van der Waals surface area contributed by atoms with Gasteiger partial charge >= 0.3 is 0 Å². The first-order valence-corrected chi connectivity index (χ1v) is 10.2. The highest BCUT2D eigenvalue weighted by atomic mass is 16.5. The Balaban J connectivity index is 1.57. The molecule has 0 spiro atoms. The maximum Gasteiger partial charge on any atom is 0.226 e. The molecule has 0 atom stereocenters. The van der Waals surface area contributed by atoms with E-state index < -0.39 is 0 Å². The van der Waals surface area contributed by atoms with Crippen LogP contribution in [0.1, 0.15) is 50.9 Å². The molecule has 1 amide bonds. The van der Waals surface area contributed by atoms with E-state index in [1.807, 2.05) is 39.0 Å². The van der Waals surface area contributed by atoms with Crippen LogP contribution in [0.15, 0.2) is 35.0 Å². The summed E-state index contributed by atoms with van der Waals surface area (Å²) >= 11 is 0. The summed E-state index contributed by atoms with van der Waals surface area (Å²) in [6.45, 7) is 6.51. The second kappa shape index (κ2) is 9.63. The fourth-order valence-corrected chi connectivity index (χ4v) is 3.07. The van der Waals surface area contributed by atoms with Crippen molar-refractivity contribution in [2.45, 2.75) is 52.0 Å². The molecule has 1 N–H and O–H groups in total. The second-order valence-electron chi connectivity index (χ2n) is 8.19. The lowest BCUT2D eigenvalue weighted by Gasteiger charge is -2.14. The molecule has 3 rings (SSSR count). The summed E-state index contributed by atoms with van der Waals surface area (Å²) < 4.78 is 17.8. The number of ether oxygens (including phenoxy) is 2. The molecule has 0 aliphatic heterocycles. The molecule has 0 unspecified atom stereocenters. The lowest BCUT2D eigenvalue weighted by atomic mass is 9.96. The van der Waals surface area contributed by atoms with Crippen molar-refractivity contribution in [3.05, 3.63) is 47.7 Å². The average Bonchev–Trinajstić information content (AvgIpc) is 3.37. The summed E-state index contributed by atoms with van der Waals surface area (Å²) in [5, 5.41) is 11.2. The monoisotopic (exact) mass is 427 g/mol. The number of para-hydroxylation sites is 1. The van der Waals surface area contributed by atoms with Crippen LogP contribution in [0.25, 0.3) is 0 Å². The summed E-state index contributed by atoms with van der Waals surface area (Å²) in [5.41, 5.74) is 0.732. The Morgan fingerprint density at radius 1 is 1.19 bits per heavy atom. The van der Waals surface area contributed by atoms with Crippen molar-refractivity contribution in [2.24, 2.45) is 0 Å². The standard InChI is InChI=1S/C22H29N5O4/c1-22(2,3)21-25-19(31-26-21)11-7-10-18(28)24-17-12-13-23-27(17)14-15-8-6-9-16(29-4)20(15)30-5/h6,8-9,12-13H,7,10-11,14H2,1-5H3,(H,24,28). The number of aromatic nitrogens is 4. The minimum Gasteiger partial charge on any atom is -0.493 e. The van der Waals surface area contributed by atoms with Gasteiger partial charge in [-0.05, 0) is 12.5 Å². The predicted molar refractivity (Wildman–Crippen MR) is 115 cm³/mol. The molecule has 9 nitrogen and oxygen atoms in total. The van der Waals surface area contributed by atoms with Gasteiger partial charge < -0.3 is 19.3 Å². The topological polar surface area (TPSA) is 104 Å². The van der Waals surface area contributed by atoms with Crippen molar-refractivity contribution < 1.29 is 18.8 Å². The SMILES string of the molecule is COc1cccc(Cn2nccc2NC(=O)CCCc2nc(C(C)(C)C)no2)c1OC. The van der Waals surface area contributed by atoms with E-state index in [1.54, 1.807) is 31.2 Å². The zero-order valence-corrected chi connectivity index (χ0v) is 18.6. The van der Waals surface area contributed by atoms with E-state index in [4.69, 9.17) is 14.0 Å². The molecule has 0 fully saturated rings. The first kappa shape index (κ1) is 22.3. The van der Waals surface area contributed by atoms with Gasteiger partial charge in [0.25, 0.3) is 0 Å². The summed E-state index contributed by atoms with van der Waals surface area (Å²) in [5.74, 6) is 3.02. The normalized spacial score (nSPS) is 11.4. The lowest BCUT2D eigenvalue weighted by Crippen LogP contribution is -2.16. The number of hydrogen-bond acceptors (Lipinski definition) is 7. The van der Waals surface area contributed by atoms with Crippen LogP contribution >= 0.6 is 0 Å². The highest BCUT2D eigenvalue weighted by molar-refractivity contribution is 5.89. The Hall–Kier alpha value is -3.36. The zero-order chi connectivity index (χ0) is 22.4. The van der Waals surface area contributed by atoms with Gasteiger partial charge in [-0.2, -0.15) is 10.1 Å². The van der Waals surface area contributed by atoms with Crippen molar-refractivity contribution in [1.82, 2.24) is 19.9 Å². The van der Waals surface area contributed by atoms with Crippen LogP contribution in [0.3, 0.4) is 0 Å². The summed E-state index contributed by atoms with van der Waals surface area (Å²) in [6, 6.07) is 7.42. The predicted octanol–water partition coefficient (Wildman–Crippen LogP) is 3.59. The molecule has 2 aromatic heterocycles. The molecule has 2 heterocycles. The second-order valence-corrected chi connectivity index (χ2v) is 8.19. The van der Waals surface area contributed by atoms with Crippen LogP contribution < -0.4 is 14.8 Å². The quantitative estimate of drug-likeness (QED) is 0.556. The van der Waals surface area contributed by atoms with Crippen molar-refractivity contribution in [3.8, 4) is 11.5 Å². The van der Waals surface area contributed by atoms with Crippen LogP contribution in [0.2, 0.25) is 0 Å². The fraction of sp³-hybridized carbons (Fsp3) is 0.455. The summed E-state index contributed by atoms with van der Waals surface area (Å²) in [6.07, 6.45) is 3.14. The Morgan fingerprint density at radius 2 is 2.00 bits per heavy atom. The average molecular weight is 428 g/mol. The number of methoxy groups -OCH3 is 2. The number of aryl methyl sites for hydroxylation is 1. The minimum absolute atomic E-state index is 0.102. The first-order chi connectivity index (χ1) is 14.8. The molecule has 0 radical (unpaired) electrons. The Bertz CT molecular complexity index is 1020. The van der Waals surface area contributed by atoms with E-state index in [-0.39, 0.29) is 11.3 Å². The zero-order valence-electron chi connectivity index (χ0n) is 18.6.